The molecule has 3 N–H and O–H groups in total. The van der Waals surface area contributed by atoms with E-state index in [-0.39, 0.29) is 10.2 Å². The number of halogens is 6. The number of nitrogen functional groups attached to an aromatic ring is 1. The summed E-state index contributed by atoms with van der Waals surface area (Å²) in [6, 6.07) is 3.69. The van der Waals surface area contributed by atoms with Crippen molar-refractivity contribution in [2.24, 2.45) is 0 Å². The molecule has 0 saturated carbocycles. The average molecular weight is 368 g/mol. The number of hydrogen-bond donors (Lipinski definition) is 2. The zero-order valence-corrected chi connectivity index (χ0v) is 11.7. The number of aromatic nitrogens is 1. The van der Waals surface area contributed by atoms with Crippen LogP contribution in [0.4, 0.5) is 39.3 Å². The molecule has 0 atom stereocenters. The number of anilines is 3. The van der Waals surface area contributed by atoms with Gasteiger partial charge in [0.25, 0.3) is 0 Å². The Morgan fingerprint density at radius 3 is 2.38 bits per heavy atom. The van der Waals surface area contributed by atoms with Crippen LogP contribution in [0.2, 0.25) is 0 Å². The quantitative estimate of drug-likeness (QED) is 0.770. The van der Waals surface area contributed by atoms with Crippen molar-refractivity contribution >= 4 is 33.3 Å². The van der Waals surface area contributed by atoms with Crippen molar-refractivity contribution in [1.29, 1.82) is 0 Å². The molecule has 1 aromatic carbocycles. The van der Waals surface area contributed by atoms with E-state index in [0.29, 0.717) is 6.07 Å². The maximum atomic E-state index is 13.5. The third-order valence-corrected chi connectivity index (χ3v) is 3.18. The zero-order chi connectivity index (χ0) is 15.8. The molecule has 2 aromatic rings. The van der Waals surface area contributed by atoms with Crippen LogP contribution in [0.15, 0.2) is 28.7 Å². The molecule has 1 aromatic heterocycles. The number of pyridine rings is 1. The van der Waals surface area contributed by atoms with Crippen LogP contribution in [0.1, 0.15) is 5.56 Å². The molecule has 0 spiro atoms. The molecule has 0 radical (unpaired) electrons. The van der Waals surface area contributed by atoms with Crippen LogP contribution < -0.4 is 11.1 Å². The molecule has 3 nitrogen and oxygen atoms in total. The lowest BCUT2D eigenvalue weighted by Crippen LogP contribution is -2.08. The molecule has 21 heavy (non-hydrogen) atoms. The Labute approximate surface area is 124 Å². The molecule has 0 saturated heterocycles. The second-order valence-electron chi connectivity index (χ2n) is 4.00. The summed E-state index contributed by atoms with van der Waals surface area (Å²) in [5.74, 6) is -3.15. The first kappa shape index (κ1) is 15.5. The molecule has 0 aliphatic heterocycles. The van der Waals surface area contributed by atoms with Gasteiger partial charge >= 0.3 is 6.18 Å². The van der Waals surface area contributed by atoms with E-state index in [1.807, 2.05) is 0 Å². The highest BCUT2D eigenvalue weighted by Crippen LogP contribution is 2.37. The second kappa shape index (κ2) is 5.47. The molecular weight excluding hydrogens is 361 g/mol. The maximum Gasteiger partial charge on any atom is 0.417 e. The van der Waals surface area contributed by atoms with E-state index >= 15 is 0 Å². The number of alkyl halides is 3. The Balaban J connectivity index is 2.39. The van der Waals surface area contributed by atoms with Gasteiger partial charge in [0.15, 0.2) is 23.3 Å². The largest absolute Gasteiger partial charge is 0.417 e. The number of benzene rings is 1. The molecule has 0 bridgehead atoms. The van der Waals surface area contributed by atoms with Crippen LogP contribution in [0.3, 0.4) is 0 Å². The van der Waals surface area contributed by atoms with Crippen molar-refractivity contribution in [3.05, 3.63) is 45.9 Å². The van der Waals surface area contributed by atoms with Crippen molar-refractivity contribution in [2.75, 3.05) is 11.1 Å². The lowest BCUT2D eigenvalue weighted by Gasteiger charge is -2.13. The number of nitrogens with one attached hydrogen (secondary N) is 1. The van der Waals surface area contributed by atoms with Gasteiger partial charge in [0.1, 0.15) is 0 Å². The van der Waals surface area contributed by atoms with Gasteiger partial charge in [0.05, 0.1) is 5.56 Å². The highest BCUT2D eigenvalue weighted by atomic mass is 79.9. The lowest BCUT2D eigenvalue weighted by molar-refractivity contribution is -0.138. The van der Waals surface area contributed by atoms with Crippen molar-refractivity contribution in [2.45, 2.75) is 6.18 Å². The third kappa shape index (κ3) is 3.41. The van der Waals surface area contributed by atoms with Crippen LogP contribution >= 0.6 is 15.9 Å². The van der Waals surface area contributed by atoms with E-state index in [2.05, 4.69) is 26.2 Å². The standard InChI is InChI=1S/C12H7BrF5N3/c13-7-2-1-5(3-6(7)12(16,17)18)20-11-9(15)4-8(14)10(19)21-11/h1-4H,(H3,19,20,21). The topological polar surface area (TPSA) is 50.9 Å². The molecule has 0 amide bonds. The van der Waals surface area contributed by atoms with E-state index in [1.54, 1.807) is 0 Å². The summed E-state index contributed by atoms with van der Waals surface area (Å²) in [5, 5.41) is 2.33. The summed E-state index contributed by atoms with van der Waals surface area (Å²) < 4.78 is 64.5. The van der Waals surface area contributed by atoms with Crippen LogP contribution in [-0.2, 0) is 6.18 Å². The highest BCUT2D eigenvalue weighted by molar-refractivity contribution is 9.10. The van der Waals surface area contributed by atoms with E-state index < -0.39 is 35.0 Å². The van der Waals surface area contributed by atoms with E-state index in [0.717, 1.165) is 12.1 Å². The molecule has 0 unspecified atom stereocenters. The first-order valence-corrected chi connectivity index (χ1v) is 6.23. The predicted octanol–water partition coefficient (Wildman–Crippen LogP) is 4.47. The van der Waals surface area contributed by atoms with Gasteiger partial charge < -0.3 is 11.1 Å². The van der Waals surface area contributed by atoms with Gasteiger partial charge in [-0.25, -0.2) is 13.8 Å². The van der Waals surface area contributed by atoms with Crippen molar-refractivity contribution < 1.29 is 22.0 Å². The number of nitrogens with zero attached hydrogens (tertiary/aromatic N) is 1. The summed E-state index contributed by atoms with van der Waals surface area (Å²) in [4.78, 5) is 3.41. The molecule has 1 heterocycles. The molecule has 0 fully saturated rings. The highest BCUT2D eigenvalue weighted by Gasteiger charge is 2.33. The Kier molecular flexibility index (Phi) is 4.04. The molecule has 112 valence electrons. The molecule has 0 aliphatic carbocycles. The smallest absolute Gasteiger partial charge is 0.381 e. The van der Waals surface area contributed by atoms with Gasteiger partial charge in [-0.1, -0.05) is 15.9 Å². The molecule has 9 heteroatoms. The van der Waals surface area contributed by atoms with E-state index in [1.165, 1.54) is 6.07 Å². The summed E-state index contributed by atoms with van der Waals surface area (Å²) in [7, 11) is 0. The van der Waals surface area contributed by atoms with Crippen molar-refractivity contribution in [3.63, 3.8) is 0 Å². The van der Waals surface area contributed by atoms with Gasteiger partial charge in [-0.3, -0.25) is 0 Å². The summed E-state index contributed by atoms with van der Waals surface area (Å²) in [5.41, 5.74) is 4.18. The Morgan fingerprint density at radius 2 is 1.76 bits per heavy atom. The summed E-state index contributed by atoms with van der Waals surface area (Å²) >= 11 is 2.78. The molecule has 0 aliphatic rings. The van der Waals surface area contributed by atoms with Gasteiger partial charge in [0.2, 0.25) is 0 Å². The lowest BCUT2D eigenvalue weighted by atomic mass is 10.2. The SMILES string of the molecule is Nc1nc(Nc2ccc(Br)c(C(F)(F)F)c2)c(F)cc1F. The maximum absolute atomic E-state index is 13.5. The monoisotopic (exact) mass is 367 g/mol. The molecular formula is C12H7BrF5N3. The van der Waals surface area contributed by atoms with E-state index in [4.69, 9.17) is 5.73 Å². The van der Waals surface area contributed by atoms with Crippen LogP contribution in [-0.4, -0.2) is 4.98 Å². The van der Waals surface area contributed by atoms with Crippen LogP contribution in [0, 0.1) is 11.6 Å². The Morgan fingerprint density at radius 1 is 1.10 bits per heavy atom. The molecule has 2 rings (SSSR count). The number of nitrogens with two attached hydrogens (primary N) is 1. The van der Waals surface area contributed by atoms with Gasteiger partial charge in [-0.2, -0.15) is 13.2 Å². The van der Waals surface area contributed by atoms with Gasteiger partial charge in [0, 0.05) is 16.2 Å². The summed E-state index contributed by atoms with van der Waals surface area (Å²) in [6.45, 7) is 0. The number of hydrogen-bond acceptors (Lipinski definition) is 3. The minimum atomic E-state index is -4.58. The second-order valence-corrected chi connectivity index (χ2v) is 4.86. The van der Waals surface area contributed by atoms with Gasteiger partial charge in [-0.15, -0.1) is 0 Å². The fourth-order valence-electron chi connectivity index (χ4n) is 1.53. The predicted molar refractivity (Wildman–Crippen MR) is 71.0 cm³/mol. The third-order valence-electron chi connectivity index (χ3n) is 2.49. The minimum absolute atomic E-state index is 0.0667. The summed E-state index contributed by atoms with van der Waals surface area (Å²) in [6.07, 6.45) is -4.58. The normalized spacial score (nSPS) is 11.5. The van der Waals surface area contributed by atoms with Crippen molar-refractivity contribution in [3.8, 4) is 0 Å². The van der Waals surface area contributed by atoms with Crippen LogP contribution in [0.5, 0.6) is 0 Å². The minimum Gasteiger partial charge on any atom is -0.381 e. The van der Waals surface area contributed by atoms with E-state index in [9.17, 15) is 22.0 Å². The Bertz CT molecular complexity index is 687. The first-order valence-electron chi connectivity index (χ1n) is 5.44. The van der Waals surface area contributed by atoms with Gasteiger partial charge in [-0.05, 0) is 18.2 Å². The number of rotatable bonds is 2. The Hall–Kier alpha value is -1.90. The van der Waals surface area contributed by atoms with Crippen molar-refractivity contribution in [1.82, 2.24) is 4.98 Å². The van der Waals surface area contributed by atoms with Crippen LogP contribution in [0.25, 0.3) is 0 Å². The zero-order valence-electron chi connectivity index (χ0n) is 10.1. The fourth-order valence-corrected chi connectivity index (χ4v) is 2.00. The first-order chi connectivity index (χ1) is 9.68. The average Bonchev–Trinajstić information content (AvgIpc) is 2.37. The fraction of sp³-hybridized carbons (Fsp3) is 0.0833.